The summed E-state index contributed by atoms with van der Waals surface area (Å²) in [5, 5.41) is 12.3. The normalized spacial score (nSPS) is 11.3. The van der Waals surface area contributed by atoms with Crippen molar-refractivity contribution in [3.8, 4) is 5.69 Å². The molecule has 0 unspecified atom stereocenters. The summed E-state index contributed by atoms with van der Waals surface area (Å²) in [7, 11) is 0. The van der Waals surface area contributed by atoms with Gasteiger partial charge in [0.05, 0.1) is 11.9 Å². The van der Waals surface area contributed by atoms with Gasteiger partial charge in [0, 0.05) is 18.8 Å². The number of nitrogens with zero attached hydrogens (tertiary/aromatic N) is 7. The topological polar surface area (TPSA) is 90.9 Å². The molecular formula is C14H11N7O. The minimum absolute atomic E-state index is 0.242. The lowest BCUT2D eigenvalue weighted by molar-refractivity contribution is 0.883. The van der Waals surface area contributed by atoms with Crippen molar-refractivity contribution in [3.63, 3.8) is 0 Å². The smallest absolute Gasteiger partial charge is 0.281 e. The number of hydrogen-bond acceptors (Lipinski definition) is 6. The van der Waals surface area contributed by atoms with E-state index in [1.807, 2.05) is 6.92 Å². The first kappa shape index (κ1) is 12.6. The second-order valence-electron chi connectivity index (χ2n) is 4.73. The second-order valence-corrected chi connectivity index (χ2v) is 4.73. The highest BCUT2D eigenvalue weighted by atomic mass is 16.1. The van der Waals surface area contributed by atoms with Gasteiger partial charge in [-0.15, -0.1) is 15.3 Å². The Morgan fingerprint density at radius 3 is 2.91 bits per heavy atom. The number of pyridine rings is 2. The van der Waals surface area contributed by atoms with Gasteiger partial charge in [-0.1, -0.05) is 6.92 Å². The molecular weight excluding hydrogens is 282 g/mol. The van der Waals surface area contributed by atoms with Crippen molar-refractivity contribution < 1.29 is 0 Å². The van der Waals surface area contributed by atoms with Gasteiger partial charge >= 0.3 is 0 Å². The summed E-state index contributed by atoms with van der Waals surface area (Å²) in [6, 6.07) is 5.35. The van der Waals surface area contributed by atoms with Crippen molar-refractivity contribution in [1.82, 2.24) is 34.3 Å². The predicted octanol–water partition coefficient (Wildman–Crippen LogP) is 0.781. The Balaban J connectivity index is 2.04. The fourth-order valence-corrected chi connectivity index (χ4v) is 2.30. The largest absolute Gasteiger partial charge is 0.285 e. The molecule has 0 aliphatic rings. The van der Waals surface area contributed by atoms with Crippen LogP contribution in [0.3, 0.4) is 0 Å². The van der Waals surface area contributed by atoms with E-state index < -0.39 is 0 Å². The van der Waals surface area contributed by atoms with Crippen molar-refractivity contribution in [2.45, 2.75) is 13.3 Å². The molecule has 8 nitrogen and oxygen atoms in total. The van der Waals surface area contributed by atoms with E-state index in [2.05, 4.69) is 25.3 Å². The molecule has 4 aromatic heterocycles. The fraction of sp³-hybridized carbons (Fsp3) is 0.143. The predicted molar refractivity (Wildman–Crippen MR) is 78.9 cm³/mol. The molecule has 4 aromatic rings. The first-order valence-electron chi connectivity index (χ1n) is 6.82. The molecule has 108 valence electrons. The Labute approximate surface area is 124 Å². The first-order valence-corrected chi connectivity index (χ1v) is 6.82. The molecule has 0 spiro atoms. The zero-order valence-corrected chi connectivity index (χ0v) is 11.7. The van der Waals surface area contributed by atoms with Crippen LogP contribution < -0.4 is 5.56 Å². The van der Waals surface area contributed by atoms with Crippen LogP contribution in [0.15, 0.2) is 41.6 Å². The van der Waals surface area contributed by atoms with E-state index in [-0.39, 0.29) is 11.1 Å². The van der Waals surface area contributed by atoms with Crippen LogP contribution in [0.25, 0.3) is 22.5 Å². The van der Waals surface area contributed by atoms with Gasteiger partial charge in [0.2, 0.25) is 0 Å². The summed E-state index contributed by atoms with van der Waals surface area (Å²) in [5.74, 6) is 1.06. The highest BCUT2D eigenvalue weighted by Crippen LogP contribution is 2.10. The maximum atomic E-state index is 12.6. The molecule has 0 atom stereocenters. The molecule has 0 bridgehead atoms. The molecule has 0 amide bonds. The van der Waals surface area contributed by atoms with Crippen molar-refractivity contribution in [2.24, 2.45) is 0 Å². The molecule has 4 heterocycles. The van der Waals surface area contributed by atoms with Gasteiger partial charge in [-0.3, -0.25) is 14.3 Å². The lowest BCUT2D eigenvalue weighted by Crippen LogP contribution is -2.20. The number of rotatable bonds is 2. The monoisotopic (exact) mass is 293 g/mol. The summed E-state index contributed by atoms with van der Waals surface area (Å²) in [6.45, 7) is 1.96. The lowest BCUT2D eigenvalue weighted by atomic mass is 10.3. The molecule has 0 N–H and O–H groups in total. The maximum Gasteiger partial charge on any atom is 0.285 e. The van der Waals surface area contributed by atoms with Crippen LogP contribution in [0.4, 0.5) is 0 Å². The van der Waals surface area contributed by atoms with Gasteiger partial charge in [0.15, 0.2) is 11.3 Å². The van der Waals surface area contributed by atoms with E-state index in [1.54, 1.807) is 41.3 Å². The van der Waals surface area contributed by atoms with Crippen LogP contribution in [0, 0.1) is 0 Å². The number of aromatic nitrogens is 7. The molecule has 0 saturated carbocycles. The molecule has 0 fully saturated rings. The highest BCUT2D eigenvalue weighted by Gasteiger charge is 2.12. The van der Waals surface area contributed by atoms with Crippen LogP contribution in [0.2, 0.25) is 0 Å². The van der Waals surface area contributed by atoms with Crippen LogP contribution in [-0.2, 0) is 6.42 Å². The average molecular weight is 293 g/mol. The quantitative estimate of drug-likeness (QED) is 0.542. The van der Waals surface area contributed by atoms with Crippen LogP contribution in [0.1, 0.15) is 12.7 Å². The van der Waals surface area contributed by atoms with Crippen LogP contribution >= 0.6 is 0 Å². The lowest BCUT2D eigenvalue weighted by Gasteiger charge is -2.06. The number of aryl methyl sites for hydroxylation is 1. The molecule has 8 heteroatoms. The molecule has 0 aliphatic heterocycles. The third-order valence-corrected chi connectivity index (χ3v) is 3.39. The van der Waals surface area contributed by atoms with Gasteiger partial charge in [0.25, 0.3) is 11.3 Å². The van der Waals surface area contributed by atoms with Crippen molar-refractivity contribution >= 4 is 16.8 Å². The van der Waals surface area contributed by atoms with E-state index in [1.165, 1.54) is 4.57 Å². The van der Waals surface area contributed by atoms with Crippen molar-refractivity contribution in [3.05, 3.63) is 53.0 Å². The third kappa shape index (κ3) is 1.77. The third-order valence-electron chi connectivity index (χ3n) is 3.39. The Hall–Kier alpha value is -3.16. The zero-order chi connectivity index (χ0) is 15.1. The zero-order valence-electron chi connectivity index (χ0n) is 11.7. The minimum atomic E-state index is -0.270. The van der Waals surface area contributed by atoms with E-state index in [9.17, 15) is 4.79 Å². The molecule has 0 aliphatic carbocycles. The van der Waals surface area contributed by atoms with Crippen molar-refractivity contribution in [2.75, 3.05) is 0 Å². The number of fused-ring (bicyclic) bond motifs is 3. The fourth-order valence-electron chi connectivity index (χ4n) is 2.30. The van der Waals surface area contributed by atoms with Gasteiger partial charge in [-0.25, -0.2) is 0 Å². The van der Waals surface area contributed by atoms with Gasteiger partial charge < -0.3 is 0 Å². The van der Waals surface area contributed by atoms with E-state index in [0.29, 0.717) is 29.2 Å². The van der Waals surface area contributed by atoms with Crippen LogP contribution in [0.5, 0.6) is 0 Å². The molecule has 4 rings (SSSR count). The molecule has 0 radical (unpaired) electrons. The Bertz CT molecular complexity index is 1040. The van der Waals surface area contributed by atoms with E-state index >= 15 is 0 Å². The average Bonchev–Trinajstić information content (AvgIpc) is 2.99. The van der Waals surface area contributed by atoms with Gasteiger partial charge in [-0.05, 0) is 18.2 Å². The van der Waals surface area contributed by atoms with E-state index in [4.69, 9.17) is 0 Å². The Morgan fingerprint density at radius 2 is 2.14 bits per heavy atom. The Morgan fingerprint density at radius 1 is 1.23 bits per heavy atom. The minimum Gasteiger partial charge on any atom is -0.281 e. The summed E-state index contributed by atoms with van der Waals surface area (Å²) >= 11 is 0. The van der Waals surface area contributed by atoms with Crippen LogP contribution in [-0.4, -0.2) is 34.3 Å². The van der Waals surface area contributed by atoms with Crippen molar-refractivity contribution in [1.29, 1.82) is 0 Å². The second kappa shape index (κ2) is 4.69. The SMILES string of the molecule is CCc1nc2nnc3c(=O)n(-c4cccnc4)ccc3n2n1. The van der Waals surface area contributed by atoms with Gasteiger partial charge in [-0.2, -0.15) is 9.50 Å². The maximum absolute atomic E-state index is 12.6. The molecule has 0 aromatic carbocycles. The molecule has 22 heavy (non-hydrogen) atoms. The highest BCUT2D eigenvalue weighted by molar-refractivity contribution is 5.74. The summed E-state index contributed by atoms with van der Waals surface area (Å²) in [6.07, 6.45) is 5.64. The standard InChI is InChI=1S/C14H11N7O/c1-2-11-16-14-18-17-12-10(21(14)19-11)5-7-20(13(12)22)9-4-3-6-15-8-9/h3-8H,2H2,1H3. The van der Waals surface area contributed by atoms with E-state index in [0.717, 1.165) is 0 Å². The molecule has 0 saturated heterocycles. The number of hydrogen-bond donors (Lipinski definition) is 0. The van der Waals surface area contributed by atoms with Gasteiger partial charge in [0.1, 0.15) is 5.52 Å². The Kier molecular flexibility index (Phi) is 2.68. The summed E-state index contributed by atoms with van der Waals surface area (Å²) in [5.41, 5.74) is 1.23. The summed E-state index contributed by atoms with van der Waals surface area (Å²) < 4.78 is 3.03. The first-order chi connectivity index (χ1) is 10.8. The summed E-state index contributed by atoms with van der Waals surface area (Å²) in [4.78, 5) is 20.9.